The van der Waals surface area contributed by atoms with Gasteiger partial charge >= 0.3 is 0 Å². The van der Waals surface area contributed by atoms with Gasteiger partial charge in [-0.1, -0.05) is 6.92 Å². The molecule has 2 aromatic rings. The summed E-state index contributed by atoms with van der Waals surface area (Å²) in [6.07, 6.45) is 4.56. The van der Waals surface area contributed by atoms with Gasteiger partial charge in [0.15, 0.2) is 0 Å². The second kappa shape index (κ2) is 6.12. The minimum Gasteiger partial charge on any atom is -0.357 e. The van der Waals surface area contributed by atoms with Crippen LogP contribution in [0.25, 0.3) is 5.95 Å². The smallest absolute Gasteiger partial charge is 0.257 e. The molecule has 0 aliphatic heterocycles. The summed E-state index contributed by atoms with van der Waals surface area (Å²) in [7, 11) is 1.79. The van der Waals surface area contributed by atoms with E-state index in [1.807, 2.05) is 12.3 Å². The van der Waals surface area contributed by atoms with Crippen LogP contribution in [-0.4, -0.2) is 44.9 Å². The maximum absolute atomic E-state index is 4.48. The maximum atomic E-state index is 4.48. The fourth-order valence-electron chi connectivity index (χ4n) is 1.77. The van der Waals surface area contributed by atoms with Crippen molar-refractivity contribution in [2.24, 2.45) is 0 Å². The Morgan fingerprint density at radius 2 is 2.11 bits per heavy atom. The number of nitrogens with zero attached hydrogens (tertiary/aromatic N) is 6. The molecule has 0 saturated carbocycles. The van der Waals surface area contributed by atoms with Crippen molar-refractivity contribution in [3.8, 4) is 5.95 Å². The van der Waals surface area contributed by atoms with Crippen LogP contribution in [0.4, 0.5) is 11.9 Å². The molecule has 0 saturated heterocycles. The van der Waals surface area contributed by atoms with Crippen molar-refractivity contribution >= 4 is 11.9 Å². The molecule has 0 spiro atoms. The SMILES string of the molecule is CCCN(CC)c1nc(NC)nc(-n2cccn2)n1. The van der Waals surface area contributed by atoms with E-state index in [4.69, 9.17) is 0 Å². The highest BCUT2D eigenvalue weighted by Crippen LogP contribution is 2.12. The third-order valence-corrected chi connectivity index (χ3v) is 2.70. The van der Waals surface area contributed by atoms with Gasteiger partial charge in [-0.3, -0.25) is 0 Å². The normalized spacial score (nSPS) is 10.5. The van der Waals surface area contributed by atoms with Crippen LogP contribution in [0.2, 0.25) is 0 Å². The van der Waals surface area contributed by atoms with E-state index in [-0.39, 0.29) is 0 Å². The molecule has 2 rings (SSSR count). The summed E-state index contributed by atoms with van der Waals surface area (Å²) in [5, 5.41) is 7.11. The summed E-state index contributed by atoms with van der Waals surface area (Å²) < 4.78 is 1.63. The van der Waals surface area contributed by atoms with E-state index in [1.165, 1.54) is 0 Å². The van der Waals surface area contributed by atoms with Gasteiger partial charge in [-0.05, 0) is 19.4 Å². The number of aromatic nitrogens is 5. The zero-order valence-corrected chi connectivity index (χ0v) is 11.5. The van der Waals surface area contributed by atoms with E-state index in [0.29, 0.717) is 17.8 Å². The van der Waals surface area contributed by atoms with Gasteiger partial charge in [-0.2, -0.15) is 20.1 Å². The van der Waals surface area contributed by atoms with Crippen molar-refractivity contribution in [1.82, 2.24) is 24.7 Å². The van der Waals surface area contributed by atoms with Crippen molar-refractivity contribution in [3.05, 3.63) is 18.5 Å². The lowest BCUT2D eigenvalue weighted by atomic mass is 10.4. The Balaban J connectivity index is 2.41. The predicted molar refractivity (Wildman–Crippen MR) is 74.7 cm³/mol. The van der Waals surface area contributed by atoms with Crippen molar-refractivity contribution in [3.63, 3.8) is 0 Å². The number of nitrogens with one attached hydrogen (secondary N) is 1. The molecule has 2 heterocycles. The van der Waals surface area contributed by atoms with Crippen molar-refractivity contribution in [2.45, 2.75) is 20.3 Å². The fourth-order valence-corrected chi connectivity index (χ4v) is 1.77. The number of anilines is 2. The Bertz CT molecular complexity index is 509. The van der Waals surface area contributed by atoms with Gasteiger partial charge in [0.1, 0.15) is 0 Å². The zero-order chi connectivity index (χ0) is 13.7. The van der Waals surface area contributed by atoms with E-state index < -0.39 is 0 Å². The van der Waals surface area contributed by atoms with Crippen molar-refractivity contribution < 1.29 is 0 Å². The molecule has 0 fully saturated rings. The summed E-state index contributed by atoms with van der Waals surface area (Å²) in [6.45, 7) is 6.01. The molecule has 2 aromatic heterocycles. The second-order valence-corrected chi connectivity index (χ2v) is 4.04. The first-order valence-corrected chi connectivity index (χ1v) is 6.47. The summed E-state index contributed by atoms with van der Waals surface area (Å²) in [5.41, 5.74) is 0. The van der Waals surface area contributed by atoms with Crippen LogP contribution < -0.4 is 10.2 Å². The van der Waals surface area contributed by atoms with Gasteiger partial charge in [0.25, 0.3) is 5.95 Å². The standard InChI is InChI=1S/C12H19N7/c1-4-8-18(5-2)11-15-10(13-3)16-12(17-11)19-9-6-7-14-19/h6-7,9H,4-5,8H2,1-3H3,(H,13,15,16,17). The third-order valence-electron chi connectivity index (χ3n) is 2.70. The summed E-state index contributed by atoms with van der Waals surface area (Å²) in [6, 6.07) is 1.84. The molecule has 0 atom stereocenters. The Morgan fingerprint density at radius 1 is 1.26 bits per heavy atom. The van der Waals surface area contributed by atoms with Crippen molar-refractivity contribution in [2.75, 3.05) is 30.4 Å². The van der Waals surface area contributed by atoms with Gasteiger partial charge in [0, 0.05) is 32.5 Å². The average molecular weight is 261 g/mol. The largest absolute Gasteiger partial charge is 0.357 e. The lowest BCUT2D eigenvalue weighted by Crippen LogP contribution is -2.26. The van der Waals surface area contributed by atoms with Crippen LogP contribution in [0.5, 0.6) is 0 Å². The molecule has 19 heavy (non-hydrogen) atoms. The summed E-state index contributed by atoms with van der Waals surface area (Å²) >= 11 is 0. The van der Waals surface area contributed by atoms with E-state index in [1.54, 1.807) is 17.9 Å². The summed E-state index contributed by atoms with van der Waals surface area (Å²) in [5.74, 6) is 1.74. The van der Waals surface area contributed by atoms with E-state index in [2.05, 4.69) is 44.1 Å². The molecule has 0 amide bonds. The highest BCUT2D eigenvalue weighted by atomic mass is 15.4. The Kier molecular flexibility index (Phi) is 4.27. The second-order valence-electron chi connectivity index (χ2n) is 4.04. The Labute approximate surface area is 112 Å². The van der Waals surface area contributed by atoms with Gasteiger partial charge in [-0.25, -0.2) is 4.68 Å². The van der Waals surface area contributed by atoms with E-state index in [9.17, 15) is 0 Å². The average Bonchev–Trinajstić information content (AvgIpc) is 2.98. The molecule has 0 bridgehead atoms. The van der Waals surface area contributed by atoms with Gasteiger partial charge < -0.3 is 10.2 Å². The van der Waals surface area contributed by atoms with Gasteiger partial charge in [0.2, 0.25) is 11.9 Å². The van der Waals surface area contributed by atoms with Crippen LogP contribution in [0.15, 0.2) is 18.5 Å². The Morgan fingerprint density at radius 3 is 2.68 bits per heavy atom. The molecule has 7 heteroatoms. The predicted octanol–water partition coefficient (Wildman–Crippen LogP) is 1.34. The highest BCUT2D eigenvalue weighted by Gasteiger charge is 2.12. The van der Waals surface area contributed by atoms with Crippen LogP contribution in [0.1, 0.15) is 20.3 Å². The highest BCUT2D eigenvalue weighted by molar-refractivity contribution is 5.39. The first-order chi connectivity index (χ1) is 9.28. The van der Waals surface area contributed by atoms with Crippen molar-refractivity contribution in [1.29, 1.82) is 0 Å². The number of hydrogen-bond acceptors (Lipinski definition) is 6. The lowest BCUT2D eigenvalue weighted by Gasteiger charge is -2.20. The van der Waals surface area contributed by atoms with E-state index in [0.717, 1.165) is 19.5 Å². The molecule has 0 aliphatic rings. The minimum atomic E-state index is 0.522. The van der Waals surface area contributed by atoms with Crippen LogP contribution in [-0.2, 0) is 0 Å². The third kappa shape index (κ3) is 2.98. The molecule has 7 nitrogen and oxygen atoms in total. The van der Waals surface area contributed by atoms with Crippen LogP contribution >= 0.6 is 0 Å². The zero-order valence-electron chi connectivity index (χ0n) is 11.5. The summed E-state index contributed by atoms with van der Waals surface area (Å²) in [4.78, 5) is 15.3. The molecule has 0 radical (unpaired) electrons. The maximum Gasteiger partial charge on any atom is 0.257 e. The molecule has 0 unspecified atom stereocenters. The first kappa shape index (κ1) is 13.3. The molecule has 0 aromatic carbocycles. The molecule has 0 aliphatic carbocycles. The van der Waals surface area contributed by atoms with Gasteiger partial charge in [-0.15, -0.1) is 0 Å². The molecule has 1 N–H and O–H groups in total. The van der Waals surface area contributed by atoms with E-state index >= 15 is 0 Å². The van der Waals surface area contributed by atoms with Crippen LogP contribution in [0.3, 0.4) is 0 Å². The molecular weight excluding hydrogens is 242 g/mol. The fraction of sp³-hybridized carbons (Fsp3) is 0.500. The number of rotatable bonds is 6. The molecule has 102 valence electrons. The Hall–Kier alpha value is -2.18. The number of hydrogen-bond donors (Lipinski definition) is 1. The lowest BCUT2D eigenvalue weighted by molar-refractivity contribution is 0.736. The van der Waals surface area contributed by atoms with Gasteiger partial charge in [0.05, 0.1) is 0 Å². The first-order valence-electron chi connectivity index (χ1n) is 6.47. The quantitative estimate of drug-likeness (QED) is 0.846. The topological polar surface area (TPSA) is 71.8 Å². The van der Waals surface area contributed by atoms with Crippen LogP contribution in [0, 0.1) is 0 Å². The minimum absolute atomic E-state index is 0.522. The molecular formula is C12H19N7. The monoisotopic (exact) mass is 261 g/mol.